The van der Waals surface area contributed by atoms with Crippen molar-refractivity contribution in [3.05, 3.63) is 59.8 Å². The van der Waals surface area contributed by atoms with Crippen molar-refractivity contribution < 1.29 is 9.53 Å². The molecule has 1 aliphatic carbocycles. The van der Waals surface area contributed by atoms with E-state index in [9.17, 15) is 4.79 Å². The molecule has 0 radical (unpaired) electrons. The van der Waals surface area contributed by atoms with Gasteiger partial charge in [-0.2, -0.15) is 0 Å². The number of rotatable bonds is 9. The van der Waals surface area contributed by atoms with E-state index in [2.05, 4.69) is 44.6 Å². The zero-order valence-corrected chi connectivity index (χ0v) is 18.3. The van der Waals surface area contributed by atoms with Gasteiger partial charge in [-0.1, -0.05) is 36.4 Å². The Morgan fingerprint density at radius 2 is 1.90 bits per heavy atom. The standard InChI is InChI=1S/C24H33N5O2/c1-28-11-13-29(14-12-28)17-22(21-5-3-2-4-6-21)27-24(30)26-16-20-9-10-23(25-15-20)31-18-19-7-8-19/h2-6,9-10,15,19,22H,7-8,11-14,16-18H2,1H3,(H2,26,27,30). The molecule has 7 nitrogen and oxygen atoms in total. The predicted octanol–water partition coefficient (Wildman–Crippen LogP) is 2.66. The van der Waals surface area contributed by atoms with Gasteiger partial charge in [-0.15, -0.1) is 0 Å². The van der Waals surface area contributed by atoms with Crippen molar-refractivity contribution >= 4 is 6.03 Å². The quantitative estimate of drug-likeness (QED) is 0.649. The summed E-state index contributed by atoms with van der Waals surface area (Å²) >= 11 is 0. The third-order valence-corrected chi connectivity index (χ3v) is 5.96. The second-order valence-electron chi connectivity index (χ2n) is 8.65. The maximum atomic E-state index is 12.7. The smallest absolute Gasteiger partial charge is 0.315 e. The van der Waals surface area contributed by atoms with Gasteiger partial charge >= 0.3 is 6.03 Å². The lowest BCUT2D eigenvalue weighted by atomic mass is 10.1. The van der Waals surface area contributed by atoms with Gasteiger partial charge in [0.1, 0.15) is 0 Å². The molecule has 2 N–H and O–H groups in total. The molecule has 4 rings (SSSR count). The fourth-order valence-electron chi connectivity index (χ4n) is 3.69. The highest BCUT2D eigenvalue weighted by atomic mass is 16.5. The number of nitrogens with zero attached hydrogens (tertiary/aromatic N) is 3. The molecule has 2 heterocycles. The minimum atomic E-state index is -0.169. The average molecular weight is 424 g/mol. The first-order chi connectivity index (χ1) is 15.2. The third-order valence-electron chi connectivity index (χ3n) is 5.96. The van der Waals surface area contributed by atoms with Crippen LogP contribution in [0.25, 0.3) is 0 Å². The lowest BCUT2D eigenvalue weighted by molar-refractivity contribution is 0.142. The molecule has 2 aliphatic rings. The Morgan fingerprint density at radius 1 is 1.13 bits per heavy atom. The van der Waals surface area contributed by atoms with Crippen LogP contribution < -0.4 is 15.4 Å². The van der Waals surface area contributed by atoms with Crippen LogP contribution in [-0.2, 0) is 6.54 Å². The van der Waals surface area contributed by atoms with Gasteiger partial charge in [0.25, 0.3) is 0 Å². The number of aromatic nitrogens is 1. The van der Waals surface area contributed by atoms with Crippen LogP contribution in [0.5, 0.6) is 5.88 Å². The average Bonchev–Trinajstić information content (AvgIpc) is 3.63. The van der Waals surface area contributed by atoms with Gasteiger partial charge in [0.2, 0.25) is 5.88 Å². The maximum Gasteiger partial charge on any atom is 0.315 e. The van der Waals surface area contributed by atoms with Gasteiger partial charge in [0, 0.05) is 51.5 Å². The van der Waals surface area contributed by atoms with Crippen LogP contribution in [-0.4, -0.2) is 67.2 Å². The van der Waals surface area contributed by atoms with Crippen LogP contribution in [0.2, 0.25) is 0 Å². The predicted molar refractivity (Wildman–Crippen MR) is 121 cm³/mol. The second kappa shape index (κ2) is 10.6. The van der Waals surface area contributed by atoms with Gasteiger partial charge in [0.05, 0.1) is 12.6 Å². The molecule has 166 valence electrons. The van der Waals surface area contributed by atoms with Crippen molar-refractivity contribution in [2.75, 3.05) is 46.4 Å². The third kappa shape index (κ3) is 6.94. The number of pyridine rings is 1. The first-order valence-electron chi connectivity index (χ1n) is 11.2. The number of amides is 2. The summed E-state index contributed by atoms with van der Waals surface area (Å²) in [6.45, 7) is 6.13. The SMILES string of the molecule is CN1CCN(CC(NC(=O)NCc2ccc(OCC3CC3)nc2)c2ccccc2)CC1. The molecule has 1 aliphatic heterocycles. The van der Waals surface area contributed by atoms with E-state index in [0.29, 0.717) is 18.3 Å². The number of piperazine rings is 1. The Hall–Kier alpha value is -2.64. The van der Waals surface area contributed by atoms with Crippen LogP contribution in [0.1, 0.15) is 30.0 Å². The first kappa shape index (κ1) is 21.6. The lowest BCUT2D eigenvalue weighted by Crippen LogP contribution is -2.48. The number of carbonyl (C=O) groups excluding carboxylic acids is 1. The number of nitrogens with one attached hydrogen (secondary N) is 2. The molecule has 1 saturated carbocycles. The zero-order chi connectivity index (χ0) is 21.5. The van der Waals surface area contributed by atoms with Crippen molar-refractivity contribution in [3.63, 3.8) is 0 Å². The Morgan fingerprint density at radius 3 is 2.58 bits per heavy atom. The highest BCUT2D eigenvalue weighted by Crippen LogP contribution is 2.29. The molecular weight excluding hydrogens is 390 g/mol. The molecule has 0 bridgehead atoms. The first-order valence-corrected chi connectivity index (χ1v) is 11.2. The van der Waals surface area contributed by atoms with E-state index in [1.807, 2.05) is 30.3 Å². The van der Waals surface area contributed by atoms with E-state index < -0.39 is 0 Å². The van der Waals surface area contributed by atoms with E-state index in [-0.39, 0.29) is 12.1 Å². The molecule has 0 spiro atoms. The molecule has 1 atom stereocenters. The van der Waals surface area contributed by atoms with Gasteiger partial charge in [-0.25, -0.2) is 9.78 Å². The van der Waals surface area contributed by atoms with E-state index in [0.717, 1.165) is 50.5 Å². The van der Waals surface area contributed by atoms with E-state index in [1.165, 1.54) is 12.8 Å². The number of hydrogen-bond donors (Lipinski definition) is 2. The highest BCUT2D eigenvalue weighted by molar-refractivity contribution is 5.74. The maximum absolute atomic E-state index is 12.7. The Balaban J connectivity index is 1.28. The monoisotopic (exact) mass is 423 g/mol. The second-order valence-corrected chi connectivity index (χ2v) is 8.65. The van der Waals surface area contributed by atoms with Crippen LogP contribution in [0.3, 0.4) is 0 Å². The molecule has 1 aromatic carbocycles. The largest absolute Gasteiger partial charge is 0.477 e. The summed E-state index contributed by atoms with van der Waals surface area (Å²) in [7, 11) is 2.15. The fourth-order valence-corrected chi connectivity index (χ4v) is 3.69. The van der Waals surface area contributed by atoms with Crippen LogP contribution in [0.15, 0.2) is 48.7 Å². The van der Waals surface area contributed by atoms with Crippen molar-refractivity contribution in [3.8, 4) is 5.88 Å². The van der Waals surface area contributed by atoms with Crippen LogP contribution >= 0.6 is 0 Å². The summed E-state index contributed by atoms with van der Waals surface area (Å²) < 4.78 is 5.67. The minimum Gasteiger partial charge on any atom is -0.477 e. The number of urea groups is 1. The van der Waals surface area contributed by atoms with E-state index >= 15 is 0 Å². The zero-order valence-electron chi connectivity index (χ0n) is 18.3. The lowest BCUT2D eigenvalue weighted by Gasteiger charge is -2.35. The van der Waals surface area contributed by atoms with Gasteiger partial charge in [0.15, 0.2) is 0 Å². The number of benzene rings is 1. The molecule has 1 saturated heterocycles. The number of carbonyl (C=O) groups is 1. The molecule has 2 fully saturated rings. The molecule has 1 aromatic heterocycles. The van der Waals surface area contributed by atoms with Crippen LogP contribution in [0.4, 0.5) is 4.79 Å². The summed E-state index contributed by atoms with van der Waals surface area (Å²) in [6, 6.07) is 13.8. The summed E-state index contributed by atoms with van der Waals surface area (Å²) in [6.07, 6.45) is 4.28. The number of ether oxygens (including phenoxy) is 1. The fraction of sp³-hybridized carbons (Fsp3) is 0.500. The minimum absolute atomic E-state index is 0.0547. The molecule has 2 amide bonds. The van der Waals surface area contributed by atoms with Gasteiger partial charge in [-0.05, 0) is 36.9 Å². The van der Waals surface area contributed by atoms with E-state index in [4.69, 9.17) is 4.74 Å². The van der Waals surface area contributed by atoms with Gasteiger partial charge in [-0.3, -0.25) is 4.90 Å². The Bertz CT molecular complexity index is 818. The Kier molecular flexibility index (Phi) is 7.38. The van der Waals surface area contributed by atoms with Crippen LogP contribution in [0, 0.1) is 5.92 Å². The van der Waals surface area contributed by atoms with E-state index in [1.54, 1.807) is 6.20 Å². The summed E-state index contributed by atoms with van der Waals surface area (Å²) in [5.74, 6) is 1.35. The highest BCUT2D eigenvalue weighted by Gasteiger charge is 2.22. The summed E-state index contributed by atoms with van der Waals surface area (Å²) in [4.78, 5) is 21.8. The molecule has 2 aromatic rings. The van der Waals surface area contributed by atoms with Crippen molar-refractivity contribution in [2.24, 2.45) is 5.92 Å². The molecule has 31 heavy (non-hydrogen) atoms. The normalized spacial score (nSPS) is 18.4. The molecule has 7 heteroatoms. The Labute approximate surface area is 184 Å². The molecule has 1 unspecified atom stereocenters. The van der Waals surface area contributed by atoms with Gasteiger partial charge < -0.3 is 20.3 Å². The summed E-state index contributed by atoms with van der Waals surface area (Å²) in [5.41, 5.74) is 2.07. The number of hydrogen-bond acceptors (Lipinski definition) is 5. The number of likely N-dealkylation sites (N-methyl/N-ethyl adjacent to an activating group) is 1. The van der Waals surface area contributed by atoms with Crippen molar-refractivity contribution in [1.82, 2.24) is 25.4 Å². The molecular formula is C24H33N5O2. The summed E-state index contributed by atoms with van der Waals surface area (Å²) in [5, 5.41) is 6.13. The van der Waals surface area contributed by atoms with Crippen molar-refractivity contribution in [2.45, 2.75) is 25.4 Å². The van der Waals surface area contributed by atoms with Crippen molar-refractivity contribution in [1.29, 1.82) is 0 Å². The topological polar surface area (TPSA) is 69.7 Å².